The molecule has 1 heterocycles. The molecule has 1 amide bonds. The Kier molecular flexibility index (Phi) is 13.2. The van der Waals surface area contributed by atoms with Gasteiger partial charge in [0.05, 0.1) is 6.54 Å². The Morgan fingerprint density at radius 2 is 1.87 bits per heavy atom. The van der Waals surface area contributed by atoms with E-state index in [-0.39, 0.29) is 43.8 Å². The van der Waals surface area contributed by atoms with Crippen molar-refractivity contribution in [2.45, 2.75) is 25.6 Å². The van der Waals surface area contributed by atoms with Crippen LogP contribution < -0.4 is 10.6 Å². The van der Waals surface area contributed by atoms with Crippen molar-refractivity contribution < 1.29 is 18.0 Å². The highest BCUT2D eigenvalue weighted by molar-refractivity contribution is 5.85. The first-order valence-electron chi connectivity index (χ1n) is 7.31. The molecule has 1 atom stereocenters. The van der Waals surface area contributed by atoms with Crippen LogP contribution in [0.5, 0.6) is 0 Å². The molecule has 0 spiro atoms. The summed E-state index contributed by atoms with van der Waals surface area (Å²) in [6, 6.07) is -1.61. The summed E-state index contributed by atoms with van der Waals surface area (Å²) in [7, 11) is 1.78. The smallest absolute Gasteiger partial charge is 0.353 e. The zero-order chi connectivity index (χ0) is 15.9. The van der Waals surface area contributed by atoms with E-state index in [4.69, 9.17) is 0 Å². The van der Waals surface area contributed by atoms with E-state index in [0.29, 0.717) is 26.2 Å². The van der Waals surface area contributed by atoms with E-state index in [1.165, 1.54) is 4.90 Å². The Labute approximate surface area is 148 Å². The summed E-state index contributed by atoms with van der Waals surface area (Å²) in [6.45, 7) is 4.24. The molecular weight excluding hydrogens is 356 g/mol. The molecular formula is C13H27Cl2F3N4O. The lowest BCUT2D eigenvalue weighted by Gasteiger charge is -2.36. The van der Waals surface area contributed by atoms with Gasteiger partial charge in [0.2, 0.25) is 5.91 Å². The number of carbonyl (C=O) groups excluding carboxylic acids is 1. The van der Waals surface area contributed by atoms with Crippen LogP contribution in [0.25, 0.3) is 0 Å². The van der Waals surface area contributed by atoms with Crippen molar-refractivity contribution in [3.05, 3.63) is 0 Å². The molecule has 0 aliphatic carbocycles. The monoisotopic (exact) mass is 382 g/mol. The van der Waals surface area contributed by atoms with Crippen molar-refractivity contribution in [2.24, 2.45) is 0 Å². The molecule has 1 rings (SSSR count). The van der Waals surface area contributed by atoms with E-state index in [9.17, 15) is 18.0 Å². The third kappa shape index (κ3) is 9.56. The molecule has 2 N–H and O–H groups in total. The molecule has 0 aromatic rings. The van der Waals surface area contributed by atoms with Crippen LogP contribution in [0.2, 0.25) is 0 Å². The van der Waals surface area contributed by atoms with E-state index < -0.39 is 12.2 Å². The van der Waals surface area contributed by atoms with Crippen LogP contribution in [0.3, 0.4) is 0 Å². The summed E-state index contributed by atoms with van der Waals surface area (Å²) in [5.74, 6) is -0.365. The molecule has 23 heavy (non-hydrogen) atoms. The first-order valence-corrected chi connectivity index (χ1v) is 7.31. The molecule has 0 aromatic carbocycles. The van der Waals surface area contributed by atoms with Crippen LogP contribution in [0.15, 0.2) is 0 Å². The molecule has 1 aliphatic rings. The van der Waals surface area contributed by atoms with Gasteiger partial charge in [-0.1, -0.05) is 6.92 Å². The molecule has 0 radical (unpaired) electrons. The minimum absolute atomic E-state index is 0. The number of hydrogen-bond acceptors (Lipinski definition) is 4. The van der Waals surface area contributed by atoms with Crippen LogP contribution in [-0.4, -0.2) is 80.8 Å². The summed E-state index contributed by atoms with van der Waals surface area (Å²) >= 11 is 0. The van der Waals surface area contributed by atoms with E-state index in [0.717, 1.165) is 13.0 Å². The van der Waals surface area contributed by atoms with Crippen molar-refractivity contribution in [3.8, 4) is 0 Å². The van der Waals surface area contributed by atoms with Crippen LogP contribution in [0.4, 0.5) is 13.2 Å². The van der Waals surface area contributed by atoms with Gasteiger partial charge >= 0.3 is 6.18 Å². The van der Waals surface area contributed by atoms with Crippen molar-refractivity contribution in [1.82, 2.24) is 20.4 Å². The predicted octanol–water partition coefficient (Wildman–Crippen LogP) is 1.12. The maximum atomic E-state index is 13.1. The number of halogens is 5. The lowest BCUT2D eigenvalue weighted by atomic mass is 10.2. The first kappa shape index (κ1) is 25.0. The molecule has 1 saturated heterocycles. The lowest BCUT2D eigenvalue weighted by molar-refractivity contribution is -0.184. The second kappa shape index (κ2) is 12.1. The lowest BCUT2D eigenvalue weighted by Crippen LogP contribution is -2.58. The Morgan fingerprint density at radius 1 is 1.30 bits per heavy atom. The molecule has 1 aliphatic heterocycles. The Balaban J connectivity index is 0. The number of rotatable bonds is 7. The molecule has 5 nitrogen and oxygen atoms in total. The second-order valence-electron chi connectivity index (χ2n) is 5.39. The van der Waals surface area contributed by atoms with E-state index in [1.807, 2.05) is 6.92 Å². The average Bonchev–Trinajstić information content (AvgIpc) is 2.38. The van der Waals surface area contributed by atoms with E-state index >= 15 is 0 Å². The third-order valence-electron chi connectivity index (χ3n) is 3.48. The number of piperazine rings is 1. The SMILES string of the molecule is CCCN(C)CC(=O)NCC(N1CCNCC1)C(F)(F)F.Cl.Cl. The second-order valence-corrected chi connectivity index (χ2v) is 5.39. The van der Waals surface area contributed by atoms with Gasteiger partial charge in [-0.2, -0.15) is 13.2 Å². The van der Waals surface area contributed by atoms with Crippen molar-refractivity contribution in [3.63, 3.8) is 0 Å². The highest BCUT2D eigenvalue weighted by Crippen LogP contribution is 2.24. The largest absolute Gasteiger partial charge is 0.405 e. The van der Waals surface area contributed by atoms with Gasteiger partial charge in [0.25, 0.3) is 0 Å². The zero-order valence-corrected chi connectivity index (χ0v) is 15.1. The highest BCUT2D eigenvalue weighted by atomic mass is 35.5. The number of amides is 1. The van der Waals surface area contributed by atoms with Crippen LogP contribution in [0, 0.1) is 0 Å². The number of carbonyl (C=O) groups is 1. The Bertz CT molecular complexity index is 329. The molecule has 140 valence electrons. The topological polar surface area (TPSA) is 47.6 Å². The zero-order valence-electron chi connectivity index (χ0n) is 13.5. The number of nitrogens with zero attached hydrogens (tertiary/aromatic N) is 2. The number of hydrogen-bond donors (Lipinski definition) is 2. The standard InChI is InChI=1S/C13H25F3N4O.2ClH/c1-3-6-19(2)10-12(21)18-9-11(13(14,15)16)20-7-4-17-5-8-20;;/h11,17H,3-10H2,1-2H3,(H,18,21);2*1H. The van der Waals surface area contributed by atoms with Crippen molar-refractivity contribution >= 4 is 30.7 Å². The molecule has 0 aromatic heterocycles. The van der Waals surface area contributed by atoms with Gasteiger partial charge in [-0.05, 0) is 20.0 Å². The molecule has 1 fully saturated rings. The summed E-state index contributed by atoms with van der Waals surface area (Å²) in [4.78, 5) is 14.9. The van der Waals surface area contributed by atoms with Crippen LogP contribution >= 0.6 is 24.8 Å². The van der Waals surface area contributed by atoms with Crippen molar-refractivity contribution in [1.29, 1.82) is 0 Å². The van der Waals surface area contributed by atoms with Gasteiger partial charge in [0.15, 0.2) is 0 Å². The fourth-order valence-electron chi connectivity index (χ4n) is 2.42. The number of alkyl halides is 3. The van der Waals surface area contributed by atoms with Gasteiger partial charge in [-0.25, -0.2) is 0 Å². The van der Waals surface area contributed by atoms with Gasteiger partial charge < -0.3 is 10.6 Å². The number of nitrogens with one attached hydrogen (secondary N) is 2. The first-order chi connectivity index (χ1) is 9.84. The predicted molar refractivity (Wildman–Crippen MR) is 89.6 cm³/mol. The maximum absolute atomic E-state index is 13.1. The normalized spacial score (nSPS) is 17.1. The van der Waals surface area contributed by atoms with Gasteiger partial charge in [0, 0.05) is 32.7 Å². The molecule has 0 saturated carbocycles. The minimum Gasteiger partial charge on any atom is -0.353 e. The maximum Gasteiger partial charge on any atom is 0.405 e. The number of likely N-dealkylation sites (N-methyl/N-ethyl adjacent to an activating group) is 1. The quantitative estimate of drug-likeness (QED) is 0.692. The van der Waals surface area contributed by atoms with E-state index in [1.54, 1.807) is 11.9 Å². The third-order valence-corrected chi connectivity index (χ3v) is 3.48. The fraction of sp³-hybridized carbons (Fsp3) is 0.923. The molecule has 10 heteroatoms. The van der Waals surface area contributed by atoms with Gasteiger partial charge in [-0.15, -0.1) is 24.8 Å². The summed E-state index contributed by atoms with van der Waals surface area (Å²) in [5, 5.41) is 5.44. The highest BCUT2D eigenvalue weighted by Gasteiger charge is 2.43. The summed E-state index contributed by atoms with van der Waals surface area (Å²) in [6.07, 6.45) is -3.43. The Morgan fingerprint density at radius 3 is 2.35 bits per heavy atom. The van der Waals surface area contributed by atoms with Gasteiger partial charge in [-0.3, -0.25) is 14.6 Å². The minimum atomic E-state index is -4.33. The molecule has 0 bridgehead atoms. The Hall–Kier alpha value is -0.280. The van der Waals surface area contributed by atoms with Crippen molar-refractivity contribution in [2.75, 3.05) is 52.9 Å². The fourth-order valence-corrected chi connectivity index (χ4v) is 2.42. The average molecular weight is 383 g/mol. The molecule has 1 unspecified atom stereocenters. The van der Waals surface area contributed by atoms with E-state index in [2.05, 4.69) is 10.6 Å². The summed E-state index contributed by atoms with van der Waals surface area (Å²) in [5.41, 5.74) is 0. The van der Waals surface area contributed by atoms with Gasteiger partial charge in [0.1, 0.15) is 6.04 Å². The van der Waals surface area contributed by atoms with Crippen LogP contribution in [0.1, 0.15) is 13.3 Å². The van der Waals surface area contributed by atoms with Crippen LogP contribution in [-0.2, 0) is 4.79 Å². The summed E-state index contributed by atoms with van der Waals surface area (Å²) < 4.78 is 39.3.